The molecule has 3 rings (SSSR count). The van der Waals surface area contributed by atoms with Gasteiger partial charge in [0.2, 0.25) is 0 Å². The fraction of sp³-hybridized carbons (Fsp3) is 0.273. The van der Waals surface area contributed by atoms with E-state index in [-0.39, 0.29) is 10.9 Å². The number of thioether (sulfide) groups is 1. The smallest absolute Gasteiger partial charge is 0.338 e. The predicted molar refractivity (Wildman–Crippen MR) is 116 cm³/mol. The van der Waals surface area contributed by atoms with Gasteiger partial charge >= 0.3 is 11.9 Å². The zero-order valence-electron chi connectivity index (χ0n) is 17.6. The number of rotatable bonds is 6. The summed E-state index contributed by atoms with van der Waals surface area (Å²) in [5, 5.41) is -0.509. The lowest BCUT2D eigenvalue weighted by Crippen LogP contribution is -2.34. The van der Waals surface area contributed by atoms with E-state index in [4.69, 9.17) is 4.74 Å². The van der Waals surface area contributed by atoms with Gasteiger partial charge in [-0.05, 0) is 74.5 Å². The quantitative estimate of drug-likeness (QED) is 0.499. The molecule has 0 unspecified atom stereocenters. The molecule has 0 N–H and O–H groups in total. The molecule has 0 aliphatic carbocycles. The first-order chi connectivity index (χ1) is 14.8. The van der Waals surface area contributed by atoms with E-state index in [1.54, 1.807) is 25.1 Å². The average molecular weight is 442 g/mol. The lowest BCUT2D eigenvalue weighted by molar-refractivity contribution is -0.143. The van der Waals surface area contributed by atoms with Crippen molar-refractivity contribution in [3.05, 3.63) is 57.8 Å². The van der Waals surface area contributed by atoms with Gasteiger partial charge < -0.3 is 14.0 Å². The molecule has 1 fully saturated rings. The van der Waals surface area contributed by atoms with Crippen molar-refractivity contribution in [1.29, 1.82) is 0 Å². The number of hydrogen-bond acceptors (Lipinski definition) is 7. The number of nitrogens with zero attached hydrogens (tertiary/aromatic N) is 2. The van der Waals surface area contributed by atoms with Crippen LogP contribution in [0.4, 0.5) is 4.79 Å². The monoisotopic (exact) mass is 442 g/mol. The van der Waals surface area contributed by atoms with E-state index in [0.717, 1.165) is 39.3 Å². The molecule has 1 aliphatic heterocycles. The summed E-state index contributed by atoms with van der Waals surface area (Å²) >= 11 is 0.789. The first kappa shape index (κ1) is 22.4. The Morgan fingerprint density at radius 2 is 1.81 bits per heavy atom. The second kappa shape index (κ2) is 9.22. The minimum Gasteiger partial charge on any atom is -0.468 e. The van der Waals surface area contributed by atoms with E-state index >= 15 is 0 Å². The van der Waals surface area contributed by atoms with Crippen molar-refractivity contribution in [3.63, 3.8) is 0 Å². The van der Waals surface area contributed by atoms with Crippen molar-refractivity contribution in [2.75, 3.05) is 20.3 Å². The summed E-state index contributed by atoms with van der Waals surface area (Å²) in [6.45, 7) is 5.48. The van der Waals surface area contributed by atoms with E-state index < -0.39 is 23.7 Å². The number of esters is 2. The molecule has 8 nitrogen and oxygen atoms in total. The van der Waals surface area contributed by atoms with Gasteiger partial charge in [-0.2, -0.15) is 0 Å². The summed E-state index contributed by atoms with van der Waals surface area (Å²) in [6.07, 6.45) is 1.65. The first-order valence-corrected chi connectivity index (χ1v) is 10.4. The standard InChI is InChI=1S/C22H22N2O6S/c1-5-30-21(27)15-6-8-17(9-7-15)24-13(2)10-16(14(24)3)11-18-20(26)23(22(28)31-18)12-19(25)29-4/h6-11H,5,12H2,1-4H3/b18-11-. The average Bonchev–Trinajstić information content (AvgIpc) is 3.17. The van der Waals surface area contributed by atoms with E-state index in [2.05, 4.69) is 4.74 Å². The van der Waals surface area contributed by atoms with Crippen molar-refractivity contribution < 1.29 is 28.7 Å². The Morgan fingerprint density at radius 1 is 1.13 bits per heavy atom. The molecule has 9 heteroatoms. The number of hydrogen-bond donors (Lipinski definition) is 0. The van der Waals surface area contributed by atoms with Gasteiger partial charge in [-0.25, -0.2) is 4.79 Å². The summed E-state index contributed by atoms with van der Waals surface area (Å²) < 4.78 is 11.5. The molecule has 0 radical (unpaired) electrons. The maximum absolute atomic E-state index is 12.6. The molecule has 2 amide bonds. The highest BCUT2D eigenvalue weighted by atomic mass is 32.2. The van der Waals surface area contributed by atoms with Gasteiger partial charge in [0, 0.05) is 17.1 Å². The summed E-state index contributed by atoms with van der Waals surface area (Å²) in [4.78, 5) is 49.1. The molecule has 0 spiro atoms. The number of methoxy groups -OCH3 is 1. The number of aromatic nitrogens is 1. The summed E-state index contributed by atoms with van der Waals surface area (Å²) in [7, 11) is 1.20. The van der Waals surface area contributed by atoms with Crippen LogP contribution in [0.1, 0.15) is 34.2 Å². The van der Waals surface area contributed by atoms with Gasteiger partial charge in [-0.3, -0.25) is 19.3 Å². The molecular formula is C22H22N2O6S. The molecule has 2 heterocycles. The molecule has 162 valence electrons. The number of aryl methyl sites for hydroxylation is 1. The van der Waals surface area contributed by atoms with Crippen LogP contribution in [0, 0.1) is 13.8 Å². The third-order valence-corrected chi connectivity index (χ3v) is 5.69. The fourth-order valence-electron chi connectivity index (χ4n) is 3.26. The van der Waals surface area contributed by atoms with Gasteiger partial charge in [0.25, 0.3) is 11.1 Å². The molecule has 1 aromatic heterocycles. The third kappa shape index (κ3) is 4.56. The summed E-state index contributed by atoms with van der Waals surface area (Å²) in [5.41, 5.74) is 3.87. The Morgan fingerprint density at radius 3 is 2.42 bits per heavy atom. The number of carbonyl (C=O) groups excluding carboxylic acids is 4. The molecular weight excluding hydrogens is 420 g/mol. The maximum Gasteiger partial charge on any atom is 0.338 e. The Labute approximate surface area is 183 Å². The molecule has 1 saturated heterocycles. The molecule has 0 bridgehead atoms. The zero-order valence-corrected chi connectivity index (χ0v) is 18.4. The number of carbonyl (C=O) groups is 4. The van der Waals surface area contributed by atoms with Crippen LogP contribution in [0.25, 0.3) is 11.8 Å². The van der Waals surface area contributed by atoms with Gasteiger partial charge in [0.15, 0.2) is 0 Å². The second-order valence-corrected chi connectivity index (χ2v) is 7.77. The van der Waals surface area contributed by atoms with Crippen LogP contribution in [0.15, 0.2) is 35.2 Å². The number of imide groups is 1. The largest absolute Gasteiger partial charge is 0.468 e. The molecule has 1 aromatic carbocycles. The van der Waals surface area contributed by atoms with Crippen molar-refractivity contribution in [3.8, 4) is 5.69 Å². The maximum atomic E-state index is 12.6. The van der Waals surface area contributed by atoms with Crippen LogP contribution in [-0.2, 0) is 19.1 Å². The molecule has 31 heavy (non-hydrogen) atoms. The first-order valence-electron chi connectivity index (χ1n) is 9.55. The van der Waals surface area contributed by atoms with Crippen molar-refractivity contribution in [1.82, 2.24) is 9.47 Å². The highest BCUT2D eigenvalue weighted by Gasteiger charge is 2.36. The van der Waals surface area contributed by atoms with E-state index in [9.17, 15) is 19.2 Å². The fourth-order valence-corrected chi connectivity index (χ4v) is 4.09. The van der Waals surface area contributed by atoms with E-state index in [1.807, 2.05) is 36.6 Å². The van der Waals surface area contributed by atoms with Gasteiger partial charge in [0.1, 0.15) is 6.54 Å². The summed E-state index contributed by atoms with van der Waals surface area (Å²) in [5.74, 6) is -1.56. The lowest BCUT2D eigenvalue weighted by atomic mass is 10.2. The van der Waals surface area contributed by atoms with Crippen molar-refractivity contribution in [2.24, 2.45) is 0 Å². The normalized spacial score (nSPS) is 15.0. The van der Waals surface area contributed by atoms with Crippen LogP contribution < -0.4 is 0 Å². The van der Waals surface area contributed by atoms with E-state index in [0.29, 0.717) is 12.2 Å². The van der Waals surface area contributed by atoms with Crippen LogP contribution in [0.5, 0.6) is 0 Å². The highest BCUT2D eigenvalue weighted by Crippen LogP contribution is 2.33. The van der Waals surface area contributed by atoms with Crippen molar-refractivity contribution in [2.45, 2.75) is 20.8 Å². The van der Waals surface area contributed by atoms with Crippen molar-refractivity contribution >= 4 is 40.9 Å². The third-order valence-electron chi connectivity index (χ3n) is 4.78. The number of amides is 2. The Balaban J connectivity index is 1.88. The highest BCUT2D eigenvalue weighted by molar-refractivity contribution is 8.18. The number of benzene rings is 1. The Bertz CT molecular complexity index is 1080. The molecule has 1 aliphatic rings. The Kier molecular flexibility index (Phi) is 6.65. The minimum atomic E-state index is -0.659. The van der Waals surface area contributed by atoms with Crippen LogP contribution in [0.3, 0.4) is 0 Å². The SMILES string of the molecule is CCOC(=O)c1ccc(-n2c(C)cc(/C=C3\SC(=O)N(CC(=O)OC)C3=O)c2C)cc1. The van der Waals surface area contributed by atoms with Gasteiger partial charge in [-0.15, -0.1) is 0 Å². The van der Waals surface area contributed by atoms with Gasteiger partial charge in [0.05, 0.1) is 24.2 Å². The lowest BCUT2D eigenvalue weighted by Gasteiger charge is -2.11. The topological polar surface area (TPSA) is 94.9 Å². The Hall–Kier alpha value is -3.33. The number of ether oxygens (including phenoxy) is 2. The molecule has 2 aromatic rings. The summed E-state index contributed by atoms with van der Waals surface area (Å²) in [6, 6.07) is 8.94. The van der Waals surface area contributed by atoms with Crippen LogP contribution in [-0.4, -0.2) is 52.8 Å². The van der Waals surface area contributed by atoms with E-state index in [1.165, 1.54) is 7.11 Å². The molecule has 0 saturated carbocycles. The van der Waals surface area contributed by atoms with Gasteiger partial charge in [-0.1, -0.05) is 0 Å². The minimum absolute atomic E-state index is 0.242. The van der Waals surface area contributed by atoms with Crippen LogP contribution in [0.2, 0.25) is 0 Å². The van der Waals surface area contributed by atoms with Crippen LogP contribution >= 0.6 is 11.8 Å². The second-order valence-electron chi connectivity index (χ2n) is 6.77. The zero-order chi connectivity index (χ0) is 22.7. The molecule has 0 atom stereocenters. The predicted octanol–water partition coefficient (Wildman–Crippen LogP) is 3.48.